The van der Waals surface area contributed by atoms with Crippen LogP contribution in [-0.2, 0) is 4.79 Å². The van der Waals surface area contributed by atoms with Gasteiger partial charge in [-0.25, -0.2) is 0 Å². The van der Waals surface area contributed by atoms with Crippen molar-refractivity contribution in [1.82, 2.24) is 9.80 Å². The molecule has 0 aliphatic carbocycles. The van der Waals surface area contributed by atoms with Gasteiger partial charge in [-0.05, 0) is 37.0 Å². The smallest absolute Gasteiger partial charge is 0.246 e. The Morgan fingerprint density at radius 2 is 1.88 bits per heavy atom. The van der Waals surface area contributed by atoms with Gasteiger partial charge in [-0.1, -0.05) is 37.6 Å². The molecule has 24 heavy (non-hydrogen) atoms. The second-order valence-corrected chi connectivity index (χ2v) is 6.87. The highest BCUT2D eigenvalue weighted by Crippen LogP contribution is 2.15. The molecule has 1 aliphatic heterocycles. The van der Waals surface area contributed by atoms with Crippen LogP contribution in [-0.4, -0.2) is 47.9 Å². The standard InChI is InChI=1S/C20H27N3O/c1-15(2)19(14-21)22-9-11-23(12-10-22)20(24)8-7-18-6-5-16(3)13-17(18)4/h5-8,13,15,19H,9-12H2,1-4H3/b8-7+. The van der Waals surface area contributed by atoms with Crippen molar-refractivity contribution in [2.45, 2.75) is 33.7 Å². The largest absolute Gasteiger partial charge is 0.337 e. The topological polar surface area (TPSA) is 47.3 Å². The molecule has 1 amide bonds. The monoisotopic (exact) mass is 325 g/mol. The molecule has 0 spiro atoms. The van der Waals surface area contributed by atoms with Gasteiger partial charge >= 0.3 is 0 Å². The third-order valence-electron chi connectivity index (χ3n) is 4.61. The Balaban J connectivity index is 1.93. The van der Waals surface area contributed by atoms with E-state index >= 15 is 0 Å². The molecule has 4 nitrogen and oxygen atoms in total. The van der Waals surface area contributed by atoms with E-state index in [1.807, 2.05) is 17.0 Å². The van der Waals surface area contributed by atoms with Crippen LogP contribution in [0.5, 0.6) is 0 Å². The van der Waals surface area contributed by atoms with Crippen molar-refractivity contribution in [2.24, 2.45) is 5.92 Å². The second kappa shape index (κ2) is 8.12. The number of nitriles is 1. The van der Waals surface area contributed by atoms with E-state index < -0.39 is 0 Å². The number of carbonyl (C=O) groups excluding carboxylic acids is 1. The van der Waals surface area contributed by atoms with Crippen LogP contribution in [0.4, 0.5) is 0 Å². The number of nitrogens with zero attached hydrogens (tertiary/aromatic N) is 3. The Morgan fingerprint density at radius 3 is 2.42 bits per heavy atom. The van der Waals surface area contributed by atoms with Crippen LogP contribution < -0.4 is 0 Å². The summed E-state index contributed by atoms with van der Waals surface area (Å²) in [4.78, 5) is 16.4. The van der Waals surface area contributed by atoms with Gasteiger partial charge in [0.2, 0.25) is 5.91 Å². The molecule has 2 rings (SSSR count). The third kappa shape index (κ3) is 4.46. The Labute approximate surface area is 145 Å². The van der Waals surface area contributed by atoms with Crippen molar-refractivity contribution in [2.75, 3.05) is 26.2 Å². The van der Waals surface area contributed by atoms with E-state index in [0.717, 1.165) is 18.7 Å². The van der Waals surface area contributed by atoms with Crippen molar-refractivity contribution >= 4 is 12.0 Å². The maximum absolute atomic E-state index is 12.4. The lowest BCUT2D eigenvalue weighted by Crippen LogP contribution is -2.52. The lowest BCUT2D eigenvalue weighted by Gasteiger charge is -2.37. The summed E-state index contributed by atoms with van der Waals surface area (Å²) < 4.78 is 0. The zero-order valence-electron chi connectivity index (χ0n) is 15.1. The first-order valence-corrected chi connectivity index (χ1v) is 8.60. The fourth-order valence-corrected chi connectivity index (χ4v) is 3.15. The molecule has 1 heterocycles. The van der Waals surface area contributed by atoms with Gasteiger partial charge in [0, 0.05) is 32.3 Å². The van der Waals surface area contributed by atoms with E-state index in [-0.39, 0.29) is 11.9 Å². The van der Waals surface area contributed by atoms with Gasteiger partial charge in [0.1, 0.15) is 6.04 Å². The van der Waals surface area contributed by atoms with E-state index in [2.05, 4.69) is 50.8 Å². The summed E-state index contributed by atoms with van der Waals surface area (Å²) in [5.74, 6) is 0.356. The van der Waals surface area contributed by atoms with Crippen LogP contribution in [0.3, 0.4) is 0 Å². The van der Waals surface area contributed by atoms with Crippen molar-refractivity contribution in [3.8, 4) is 6.07 Å². The average Bonchev–Trinajstić information content (AvgIpc) is 2.54. The first-order valence-electron chi connectivity index (χ1n) is 8.60. The van der Waals surface area contributed by atoms with E-state index in [1.54, 1.807) is 6.08 Å². The molecule has 1 aliphatic rings. The third-order valence-corrected chi connectivity index (χ3v) is 4.61. The van der Waals surface area contributed by atoms with Gasteiger partial charge in [0.25, 0.3) is 0 Å². The Morgan fingerprint density at radius 1 is 1.21 bits per heavy atom. The molecule has 1 aromatic rings. The molecule has 0 bridgehead atoms. The predicted octanol–water partition coefficient (Wildman–Crippen LogP) is 3.01. The molecule has 1 unspecified atom stereocenters. The summed E-state index contributed by atoms with van der Waals surface area (Å²) in [6, 6.07) is 8.55. The molecule has 4 heteroatoms. The number of hydrogen-bond acceptors (Lipinski definition) is 3. The highest BCUT2D eigenvalue weighted by atomic mass is 16.2. The maximum Gasteiger partial charge on any atom is 0.246 e. The fraction of sp³-hybridized carbons (Fsp3) is 0.500. The molecule has 0 N–H and O–H groups in total. The van der Waals surface area contributed by atoms with E-state index in [0.29, 0.717) is 19.0 Å². The number of hydrogen-bond donors (Lipinski definition) is 0. The molecule has 1 saturated heterocycles. The Bertz CT molecular complexity index is 649. The average molecular weight is 325 g/mol. The summed E-state index contributed by atoms with van der Waals surface area (Å²) in [6.07, 6.45) is 3.56. The van der Waals surface area contributed by atoms with Crippen LogP contribution in [0.15, 0.2) is 24.3 Å². The van der Waals surface area contributed by atoms with Crippen LogP contribution in [0.25, 0.3) is 6.08 Å². The first kappa shape index (κ1) is 18.2. The van der Waals surface area contributed by atoms with Crippen LogP contribution >= 0.6 is 0 Å². The quantitative estimate of drug-likeness (QED) is 0.800. The minimum atomic E-state index is -0.0620. The van der Waals surface area contributed by atoms with Gasteiger partial charge < -0.3 is 4.90 Å². The van der Waals surface area contributed by atoms with Crippen molar-refractivity contribution in [3.05, 3.63) is 41.0 Å². The van der Waals surface area contributed by atoms with Gasteiger partial charge in [-0.3, -0.25) is 9.69 Å². The van der Waals surface area contributed by atoms with Crippen molar-refractivity contribution in [3.63, 3.8) is 0 Å². The molecular weight excluding hydrogens is 298 g/mol. The fourth-order valence-electron chi connectivity index (χ4n) is 3.15. The van der Waals surface area contributed by atoms with Crippen LogP contribution in [0, 0.1) is 31.1 Å². The van der Waals surface area contributed by atoms with Gasteiger partial charge in [0.15, 0.2) is 0 Å². The van der Waals surface area contributed by atoms with E-state index in [9.17, 15) is 10.1 Å². The molecule has 0 aromatic heterocycles. The van der Waals surface area contributed by atoms with Gasteiger partial charge in [0.05, 0.1) is 6.07 Å². The lowest BCUT2D eigenvalue weighted by molar-refractivity contribution is -0.127. The summed E-state index contributed by atoms with van der Waals surface area (Å²) in [5, 5.41) is 9.30. The number of rotatable bonds is 4. The zero-order valence-corrected chi connectivity index (χ0v) is 15.1. The van der Waals surface area contributed by atoms with Crippen molar-refractivity contribution in [1.29, 1.82) is 5.26 Å². The number of piperazine rings is 1. The minimum absolute atomic E-state index is 0.0488. The van der Waals surface area contributed by atoms with Gasteiger partial charge in [-0.15, -0.1) is 0 Å². The molecule has 0 saturated carbocycles. The van der Waals surface area contributed by atoms with Crippen LogP contribution in [0.1, 0.15) is 30.5 Å². The first-order chi connectivity index (χ1) is 11.4. The predicted molar refractivity (Wildman–Crippen MR) is 97.3 cm³/mol. The summed E-state index contributed by atoms with van der Waals surface area (Å²) >= 11 is 0. The maximum atomic E-state index is 12.4. The Hall–Kier alpha value is -2.12. The van der Waals surface area contributed by atoms with E-state index in [4.69, 9.17) is 0 Å². The number of carbonyl (C=O) groups is 1. The number of aryl methyl sites for hydroxylation is 2. The normalized spacial score (nSPS) is 17.2. The summed E-state index contributed by atoms with van der Waals surface area (Å²) in [5.41, 5.74) is 3.49. The zero-order chi connectivity index (χ0) is 17.7. The summed E-state index contributed by atoms with van der Waals surface area (Å²) in [6.45, 7) is 11.2. The summed E-state index contributed by atoms with van der Waals surface area (Å²) in [7, 11) is 0. The SMILES string of the molecule is Cc1ccc(/C=C/C(=O)N2CCN(C(C#N)C(C)C)CC2)c(C)c1. The van der Waals surface area contributed by atoms with Crippen molar-refractivity contribution < 1.29 is 4.79 Å². The molecular formula is C20H27N3O. The minimum Gasteiger partial charge on any atom is -0.337 e. The molecule has 128 valence electrons. The highest BCUT2D eigenvalue weighted by molar-refractivity contribution is 5.92. The number of amides is 1. The van der Waals surface area contributed by atoms with Gasteiger partial charge in [-0.2, -0.15) is 5.26 Å². The highest BCUT2D eigenvalue weighted by Gasteiger charge is 2.26. The second-order valence-electron chi connectivity index (χ2n) is 6.87. The molecule has 1 atom stereocenters. The molecule has 1 aromatic carbocycles. The number of benzene rings is 1. The molecule has 0 radical (unpaired) electrons. The van der Waals surface area contributed by atoms with E-state index in [1.165, 1.54) is 11.1 Å². The molecule has 1 fully saturated rings. The van der Waals surface area contributed by atoms with Crippen LogP contribution in [0.2, 0.25) is 0 Å². The Kier molecular flexibility index (Phi) is 6.16. The lowest BCUT2D eigenvalue weighted by atomic mass is 10.0.